The summed E-state index contributed by atoms with van der Waals surface area (Å²) in [6.07, 6.45) is 3.95. The van der Waals surface area contributed by atoms with E-state index in [1.807, 2.05) is 42.5 Å². The van der Waals surface area contributed by atoms with Crippen LogP contribution in [0.25, 0.3) is 0 Å². The Hall–Kier alpha value is -3.47. The number of benzene rings is 2. The van der Waals surface area contributed by atoms with Crippen LogP contribution in [0.15, 0.2) is 84.2 Å². The van der Waals surface area contributed by atoms with Crippen molar-refractivity contribution in [3.8, 4) is 5.75 Å². The first-order valence-corrected chi connectivity index (χ1v) is 8.38. The minimum Gasteiger partial charge on any atom is -0.508 e. The van der Waals surface area contributed by atoms with E-state index in [-0.39, 0.29) is 17.7 Å². The summed E-state index contributed by atoms with van der Waals surface area (Å²) in [4.78, 5) is 17.2. The van der Waals surface area contributed by atoms with Crippen LogP contribution in [0.5, 0.6) is 5.75 Å². The lowest BCUT2D eigenvalue weighted by Crippen LogP contribution is -2.27. The van der Waals surface area contributed by atoms with Crippen LogP contribution in [0.1, 0.15) is 33.9 Å². The molecule has 1 aliphatic heterocycles. The molecule has 1 N–H and O–H groups in total. The lowest BCUT2D eigenvalue weighted by atomic mass is 9.98. The van der Waals surface area contributed by atoms with E-state index >= 15 is 0 Å². The van der Waals surface area contributed by atoms with Crippen LogP contribution >= 0.6 is 0 Å². The molecule has 0 radical (unpaired) electrons. The first-order chi connectivity index (χ1) is 12.7. The lowest BCUT2D eigenvalue weighted by Gasteiger charge is -2.22. The van der Waals surface area contributed by atoms with Crippen LogP contribution in [0.2, 0.25) is 0 Å². The maximum Gasteiger partial charge on any atom is 0.274 e. The zero-order valence-corrected chi connectivity index (χ0v) is 14.0. The molecule has 0 saturated carbocycles. The van der Waals surface area contributed by atoms with Crippen molar-refractivity contribution in [3.63, 3.8) is 0 Å². The number of aromatic hydroxyl groups is 1. The van der Waals surface area contributed by atoms with E-state index in [9.17, 15) is 9.90 Å². The molecule has 0 aliphatic carbocycles. The standard InChI is InChI=1S/C21H17N3O2/c25-20-11-5-4-10-17(20)19-13-18(16-9-6-12-22-14-16)23-24(19)21(26)15-7-2-1-3-8-15/h1-12,14,19,25H,13H2. The second-order valence-electron chi connectivity index (χ2n) is 6.08. The van der Waals surface area contributed by atoms with Gasteiger partial charge in [0.05, 0.1) is 11.8 Å². The van der Waals surface area contributed by atoms with E-state index in [0.29, 0.717) is 17.5 Å². The molecule has 1 atom stereocenters. The third kappa shape index (κ3) is 2.95. The van der Waals surface area contributed by atoms with Crippen LogP contribution in [-0.4, -0.2) is 26.7 Å². The van der Waals surface area contributed by atoms with Gasteiger partial charge in [0.1, 0.15) is 5.75 Å². The normalized spacial score (nSPS) is 16.4. The maximum atomic E-state index is 13.0. The van der Waals surface area contributed by atoms with E-state index < -0.39 is 0 Å². The quantitative estimate of drug-likeness (QED) is 0.787. The van der Waals surface area contributed by atoms with Crippen LogP contribution in [0.4, 0.5) is 0 Å². The van der Waals surface area contributed by atoms with Gasteiger partial charge in [-0.15, -0.1) is 0 Å². The number of amides is 1. The van der Waals surface area contributed by atoms with Gasteiger partial charge in [-0.05, 0) is 24.3 Å². The van der Waals surface area contributed by atoms with Crippen LogP contribution in [0.3, 0.4) is 0 Å². The minimum absolute atomic E-state index is 0.158. The Morgan fingerprint density at radius 1 is 1.00 bits per heavy atom. The van der Waals surface area contributed by atoms with Crippen molar-refractivity contribution in [2.24, 2.45) is 5.10 Å². The van der Waals surface area contributed by atoms with Gasteiger partial charge in [0.25, 0.3) is 5.91 Å². The van der Waals surface area contributed by atoms with Crippen LogP contribution in [0, 0.1) is 0 Å². The smallest absolute Gasteiger partial charge is 0.274 e. The SMILES string of the molecule is O=C(c1ccccc1)N1N=C(c2cccnc2)CC1c1ccccc1O. The highest BCUT2D eigenvalue weighted by Crippen LogP contribution is 2.37. The van der Waals surface area contributed by atoms with Crippen molar-refractivity contribution in [2.45, 2.75) is 12.5 Å². The monoisotopic (exact) mass is 343 g/mol. The Labute approximate surface area is 151 Å². The molecule has 5 heteroatoms. The molecular formula is C21H17N3O2. The van der Waals surface area contributed by atoms with E-state index in [4.69, 9.17) is 0 Å². The summed E-state index contributed by atoms with van der Waals surface area (Å²) in [6.45, 7) is 0. The number of rotatable bonds is 3. The van der Waals surface area contributed by atoms with Crippen molar-refractivity contribution in [3.05, 3.63) is 95.8 Å². The van der Waals surface area contributed by atoms with Gasteiger partial charge >= 0.3 is 0 Å². The number of hydrogen-bond donors (Lipinski definition) is 1. The highest BCUT2D eigenvalue weighted by molar-refractivity contribution is 6.04. The van der Waals surface area contributed by atoms with Gasteiger partial charge in [0, 0.05) is 35.5 Å². The van der Waals surface area contributed by atoms with Crippen LogP contribution < -0.4 is 0 Å². The lowest BCUT2D eigenvalue weighted by molar-refractivity contribution is 0.0709. The molecule has 3 aromatic rings. The van der Waals surface area contributed by atoms with Gasteiger partial charge in [-0.1, -0.05) is 42.5 Å². The summed E-state index contributed by atoms with van der Waals surface area (Å²) >= 11 is 0. The molecule has 0 spiro atoms. The Morgan fingerprint density at radius 2 is 1.77 bits per heavy atom. The first-order valence-electron chi connectivity index (χ1n) is 8.38. The maximum absolute atomic E-state index is 13.0. The average molecular weight is 343 g/mol. The third-order valence-corrected chi connectivity index (χ3v) is 4.43. The van der Waals surface area contributed by atoms with Gasteiger partial charge in [0.2, 0.25) is 0 Å². The van der Waals surface area contributed by atoms with Gasteiger partial charge in [-0.25, -0.2) is 5.01 Å². The Kier molecular flexibility index (Phi) is 4.19. The van der Waals surface area contributed by atoms with Gasteiger partial charge in [0.15, 0.2) is 0 Å². The first kappa shape index (κ1) is 16.0. The van der Waals surface area contributed by atoms with Crippen LogP contribution in [-0.2, 0) is 0 Å². The molecule has 1 aliphatic rings. The second kappa shape index (κ2) is 6.80. The summed E-state index contributed by atoms with van der Waals surface area (Å²) < 4.78 is 0. The molecule has 128 valence electrons. The molecule has 1 unspecified atom stereocenters. The number of phenolic OH excluding ortho intramolecular Hbond substituents is 1. The topological polar surface area (TPSA) is 65.8 Å². The molecule has 0 fully saturated rings. The minimum atomic E-state index is -0.362. The molecule has 1 aromatic heterocycles. The molecule has 26 heavy (non-hydrogen) atoms. The highest BCUT2D eigenvalue weighted by Gasteiger charge is 2.34. The van der Waals surface area contributed by atoms with Crippen molar-refractivity contribution in [2.75, 3.05) is 0 Å². The number of para-hydroxylation sites is 1. The Morgan fingerprint density at radius 3 is 2.50 bits per heavy atom. The number of carbonyl (C=O) groups excluding carboxylic acids is 1. The van der Waals surface area contributed by atoms with E-state index in [2.05, 4.69) is 10.1 Å². The molecule has 2 aromatic carbocycles. The molecule has 1 amide bonds. The van der Waals surface area contributed by atoms with Gasteiger partial charge < -0.3 is 5.11 Å². The van der Waals surface area contributed by atoms with Crippen molar-refractivity contribution >= 4 is 11.6 Å². The summed E-state index contributed by atoms with van der Waals surface area (Å²) in [5.74, 6) is -0.0382. The number of carbonyl (C=O) groups is 1. The number of pyridine rings is 1. The number of hydrazone groups is 1. The molecule has 4 rings (SSSR count). The third-order valence-electron chi connectivity index (χ3n) is 4.43. The second-order valence-corrected chi connectivity index (χ2v) is 6.08. The number of aromatic nitrogens is 1. The summed E-state index contributed by atoms with van der Waals surface area (Å²) in [5, 5.41) is 16.3. The predicted molar refractivity (Wildman–Crippen MR) is 98.9 cm³/mol. The van der Waals surface area contributed by atoms with Crippen molar-refractivity contribution in [1.29, 1.82) is 0 Å². The van der Waals surface area contributed by atoms with E-state index in [0.717, 1.165) is 11.3 Å². The fourth-order valence-corrected chi connectivity index (χ4v) is 3.13. The molecule has 5 nitrogen and oxygen atoms in total. The van der Waals surface area contributed by atoms with Crippen molar-refractivity contribution in [1.82, 2.24) is 9.99 Å². The van der Waals surface area contributed by atoms with Crippen molar-refractivity contribution < 1.29 is 9.90 Å². The summed E-state index contributed by atoms with van der Waals surface area (Å²) in [5.41, 5.74) is 2.88. The Bertz CT molecular complexity index is 955. The largest absolute Gasteiger partial charge is 0.508 e. The number of hydrogen-bond acceptors (Lipinski definition) is 4. The molecule has 2 heterocycles. The molecular weight excluding hydrogens is 326 g/mol. The molecule has 0 saturated heterocycles. The highest BCUT2D eigenvalue weighted by atomic mass is 16.3. The summed E-state index contributed by atoms with van der Waals surface area (Å²) in [7, 11) is 0. The average Bonchev–Trinajstić information content (AvgIpc) is 3.14. The Balaban J connectivity index is 1.76. The number of nitrogens with zero attached hydrogens (tertiary/aromatic N) is 3. The predicted octanol–water partition coefficient (Wildman–Crippen LogP) is 3.78. The fraction of sp³-hybridized carbons (Fsp3) is 0.0952. The fourth-order valence-electron chi connectivity index (χ4n) is 3.13. The summed E-state index contributed by atoms with van der Waals surface area (Å²) in [6, 6.07) is 19.5. The zero-order chi connectivity index (χ0) is 17.9. The zero-order valence-electron chi connectivity index (χ0n) is 14.0. The van der Waals surface area contributed by atoms with E-state index in [1.165, 1.54) is 5.01 Å². The number of phenols is 1. The van der Waals surface area contributed by atoms with E-state index in [1.54, 1.807) is 36.7 Å². The van der Waals surface area contributed by atoms with Gasteiger partial charge in [-0.3, -0.25) is 9.78 Å². The molecule has 0 bridgehead atoms. The van der Waals surface area contributed by atoms with Gasteiger partial charge in [-0.2, -0.15) is 5.10 Å².